The van der Waals surface area contributed by atoms with Crippen LogP contribution < -0.4 is 0 Å². The predicted octanol–water partition coefficient (Wildman–Crippen LogP) is 9.23. The Morgan fingerprint density at radius 1 is 0.576 bits per heavy atom. The fraction of sp³-hybridized carbons (Fsp3) is 0.929. The summed E-state index contributed by atoms with van der Waals surface area (Å²) in [6, 6.07) is 0. The molecule has 1 amide bonds. The summed E-state index contributed by atoms with van der Waals surface area (Å²) in [5, 5.41) is 12.0. The number of hydrogen-bond donors (Lipinski definition) is 1. The van der Waals surface area contributed by atoms with E-state index in [1.807, 2.05) is 0 Å². The Balaban J connectivity index is 3.12. The zero-order valence-corrected chi connectivity index (χ0v) is 21.8. The Hall–Kier alpha value is -1.19. The van der Waals surface area contributed by atoms with E-state index in [9.17, 15) is 9.59 Å². The van der Waals surface area contributed by atoms with Crippen molar-refractivity contribution >= 4 is 12.0 Å². The van der Waals surface area contributed by atoms with Crippen LogP contribution in [0.1, 0.15) is 167 Å². The molecule has 0 spiro atoms. The third-order valence-electron chi connectivity index (χ3n) is 6.60. The molecule has 0 fully saturated rings. The first-order valence-corrected chi connectivity index (χ1v) is 14.3. The maximum absolute atomic E-state index is 11.4. The van der Waals surface area contributed by atoms with Gasteiger partial charge in [0.15, 0.2) is 0 Å². The van der Waals surface area contributed by atoms with Gasteiger partial charge in [0, 0.05) is 6.42 Å². The quantitative estimate of drug-likeness (QED) is 0.0454. The molecule has 1 N–H and O–H groups in total. The van der Waals surface area contributed by atoms with Crippen molar-refractivity contribution in [2.75, 3.05) is 0 Å². The van der Waals surface area contributed by atoms with Crippen molar-refractivity contribution in [3.05, 3.63) is 0 Å². The summed E-state index contributed by atoms with van der Waals surface area (Å²) in [5.74, 6) is -0.544. The molecule has 0 aliphatic heterocycles. The highest BCUT2D eigenvalue weighted by atomic mass is 16.5. The summed E-state index contributed by atoms with van der Waals surface area (Å²) in [7, 11) is 0. The van der Waals surface area contributed by atoms with E-state index < -0.39 is 5.91 Å². The molecular formula is C28H54N2O3. The topological polar surface area (TPSA) is 70.0 Å². The minimum Gasteiger partial charge on any atom is -0.270 e. The fourth-order valence-electron chi connectivity index (χ4n) is 4.43. The van der Waals surface area contributed by atoms with Gasteiger partial charge in [0.25, 0.3) is 12.0 Å². The standard InChI is InChI=1S/C28H54N2O3/c1-2-3-4-5-6-7-8-9-10-11-12-13-14-15-16-17-18-19-20-21-22-23-24-25-26-28(32)30(33)29-27-31/h33H,2-26H2,1H3. The van der Waals surface area contributed by atoms with Crippen LogP contribution in [0.15, 0.2) is 5.10 Å². The Morgan fingerprint density at radius 2 is 0.848 bits per heavy atom. The number of hydrazone groups is 1. The first kappa shape index (κ1) is 31.8. The van der Waals surface area contributed by atoms with Gasteiger partial charge < -0.3 is 0 Å². The molecule has 0 saturated heterocycles. The number of carbonyl (C=O) groups is 1. The smallest absolute Gasteiger partial charge is 0.269 e. The van der Waals surface area contributed by atoms with Gasteiger partial charge in [0.2, 0.25) is 0 Å². The van der Waals surface area contributed by atoms with Crippen molar-refractivity contribution in [2.45, 2.75) is 167 Å². The van der Waals surface area contributed by atoms with Gasteiger partial charge in [-0.1, -0.05) is 165 Å². The summed E-state index contributed by atoms with van der Waals surface area (Å²) in [6.45, 7) is 2.29. The SMILES string of the molecule is CCCCCCCCCCCCCCCCCCCCCCCCCCC(=O)N(O)N=C=O. The van der Waals surface area contributed by atoms with E-state index in [1.165, 1.54) is 135 Å². The average molecular weight is 467 g/mol. The number of unbranched alkanes of at least 4 members (excludes halogenated alkanes) is 23. The lowest BCUT2D eigenvalue weighted by atomic mass is 10.0. The molecule has 0 heterocycles. The molecule has 0 unspecified atom stereocenters. The van der Waals surface area contributed by atoms with Crippen molar-refractivity contribution in [1.29, 1.82) is 0 Å². The summed E-state index contributed by atoms with van der Waals surface area (Å²) in [6.07, 6.45) is 33.6. The van der Waals surface area contributed by atoms with Crippen molar-refractivity contribution in [1.82, 2.24) is 5.17 Å². The highest BCUT2D eigenvalue weighted by molar-refractivity contribution is 5.74. The highest BCUT2D eigenvalue weighted by Crippen LogP contribution is 2.15. The van der Waals surface area contributed by atoms with E-state index in [4.69, 9.17) is 5.21 Å². The first-order chi connectivity index (χ1) is 16.2. The second kappa shape index (κ2) is 27.1. The Labute approximate surface area is 204 Å². The summed E-state index contributed by atoms with van der Waals surface area (Å²) < 4.78 is 0. The molecule has 5 heteroatoms. The predicted molar refractivity (Wildman–Crippen MR) is 138 cm³/mol. The van der Waals surface area contributed by atoms with Gasteiger partial charge in [-0.15, -0.1) is 0 Å². The number of nitrogens with zero attached hydrogens (tertiary/aromatic N) is 2. The summed E-state index contributed by atoms with van der Waals surface area (Å²) in [5.41, 5.74) is 0. The monoisotopic (exact) mass is 466 g/mol. The van der Waals surface area contributed by atoms with Crippen molar-refractivity contribution in [3.63, 3.8) is 0 Å². The Kier molecular flexibility index (Phi) is 26.1. The number of amides is 1. The molecule has 0 atom stereocenters. The van der Waals surface area contributed by atoms with Crippen LogP contribution >= 0.6 is 0 Å². The van der Waals surface area contributed by atoms with Gasteiger partial charge in [-0.05, 0) is 6.42 Å². The zero-order chi connectivity index (χ0) is 24.2. The van der Waals surface area contributed by atoms with Crippen molar-refractivity contribution in [3.8, 4) is 0 Å². The molecule has 5 nitrogen and oxygen atoms in total. The molecule has 0 aromatic rings. The van der Waals surface area contributed by atoms with Crippen molar-refractivity contribution < 1.29 is 14.8 Å². The van der Waals surface area contributed by atoms with Crippen molar-refractivity contribution in [2.24, 2.45) is 5.10 Å². The lowest BCUT2D eigenvalue weighted by molar-refractivity contribution is -0.165. The van der Waals surface area contributed by atoms with E-state index in [1.54, 1.807) is 0 Å². The molecule has 194 valence electrons. The highest BCUT2D eigenvalue weighted by Gasteiger charge is 2.08. The third-order valence-corrected chi connectivity index (χ3v) is 6.60. The van der Waals surface area contributed by atoms with Gasteiger partial charge in [-0.25, -0.2) is 4.79 Å². The van der Waals surface area contributed by atoms with Gasteiger partial charge in [-0.3, -0.25) is 10.0 Å². The average Bonchev–Trinajstić information content (AvgIpc) is 2.81. The first-order valence-electron chi connectivity index (χ1n) is 14.3. The number of carbonyl (C=O) groups excluding carboxylic acids is 2. The maximum Gasteiger partial charge on any atom is 0.269 e. The van der Waals surface area contributed by atoms with Crippen LogP contribution in [0.5, 0.6) is 0 Å². The molecule has 0 rings (SSSR count). The molecule has 0 aromatic heterocycles. The van der Waals surface area contributed by atoms with E-state index in [0.717, 1.165) is 25.3 Å². The van der Waals surface area contributed by atoms with Crippen LogP contribution in [-0.4, -0.2) is 22.4 Å². The molecule has 0 aromatic carbocycles. The maximum atomic E-state index is 11.4. The van der Waals surface area contributed by atoms with Crippen LogP contribution in [0.4, 0.5) is 0 Å². The third kappa shape index (κ3) is 25.3. The minimum atomic E-state index is -0.544. The number of isocyanates is 1. The largest absolute Gasteiger partial charge is 0.270 e. The van der Waals surface area contributed by atoms with Gasteiger partial charge in [0.05, 0.1) is 0 Å². The fourth-order valence-corrected chi connectivity index (χ4v) is 4.43. The molecule has 0 bridgehead atoms. The summed E-state index contributed by atoms with van der Waals surface area (Å²) in [4.78, 5) is 21.3. The molecule has 33 heavy (non-hydrogen) atoms. The van der Waals surface area contributed by atoms with Gasteiger partial charge in [-0.2, -0.15) is 0 Å². The number of hydrogen-bond acceptors (Lipinski definition) is 4. The van der Waals surface area contributed by atoms with Crippen LogP contribution in [0, 0.1) is 0 Å². The van der Waals surface area contributed by atoms with E-state index in [0.29, 0.717) is 0 Å². The van der Waals surface area contributed by atoms with Gasteiger partial charge in [0.1, 0.15) is 0 Å². The number of hydroxylamine groups is 1. The lowest BCUT2D eigenvalue weighted by Crippen LogP contribution is -2.20. The van der Waals surface area contributed by atoms with E-state index in [2.05, 4.69) is 12.0 Å². The second-order valence-electron chi connectivity index (χ2n) is 9.76. The number of rotatable bonds is 26. The Bertz CT molecular complexity index is 464. The second-order valence-corrected chi connectivity index (χ2v) is 9.76. The molecular weight excluding hydrogens is 412 g/mol. The molecule has 0 aliphatic rings. The molecule has 0 radical (unpaired) electrons. The Morgan fingerprint density at radius 3 is 1.12 bits per heavy atom. The molecule has 0 saturated carbocycles. The lowest BCUT2D eigenvalue weighted by Gasteiger charge is -2.06. The minimum absolute atomic E-state index is 0.0890. The van der Waals surface area contributed by atoms with Gasteiger partial charge >= 0.3 is 0 Å². The van der Waals surface area contributed by atoms with Crippen LogP contribution in [0.25, 0.3) is 0 Å². The summed E-state index contributed by atoms with van der Waals surface area (Å²) >= 11 is 0. The molecule has 0 aliphatic carbocycles. The van der Waals surface area contributed by atoms with E-state index in [-0.39, 0.29) is 11.6 Å². The van der Waals surface area contributed by atoms with Crippen LogP contribution in [-0.2, 0) is 9.59 Å². The van der Waals surface area contributed by atoms with E-state index >= 15 is 0 Å². The van der Waals surface area contributed by atoms with Crippen LogP contribution in [0.3, 0.4) is 0 Å². The van der Waals surface area contributed by atoms with Crippen LogP contribution in [0.2, 0.25) is 0 Å². The normalized spacial score (nSPS) is 10.8. The zero-order valence-electron chi connectivity index (χ0n) is 21.8.